The zero-order chi connectivity index (χ0) is 8.60. The van der Waals surface area contributed by atoms with E-state index in [1.165, 1.54) is 3.57 Å². The molecular formula is C9H10INO. The molecule has 2 N–H and O–H groups in total. The van der Waals surface area contributed by atoms with Crippen LogP contribution in [0.2, 0.25) is 0 Å². The van der Waals surface area contributed by atoms with E-state index in [2.05, 4.69) is 27.9 Å². The van der Waals surface area contributed by atoms with Gasteiger partial charge in [0.25, 0.3) is 0 Å². The van der Waals surface area contributed by atoms with Crippen molar-refractivity contribution in [2.75, 3.05) is 13.1 Å². The Bertz CT molecular complexity index is 279. The minimum Gasteiger partial charge on any atom is -0.382 e. The lowest BCUT2D eigenvalue weighted by molar-refractivity contribution is -0.0146. The van der Waals surface area contributed by atoms with Crippen LogP contribution in [-0.2, 0) is 5.60 Å². The fourth-order valence-corrected chi connectivity index (χ4v) is 1.69. The quantitative estimate of drug-likeness (QED) is 0.752. The number of benzene rings is 1. The van der Waals surface area contributed by atoms with Crippen molar-refractivity contribution in [1.82, 2.24) is 5.32 Å². The Hall–Kier alpha value is -0.130. The van der Waals surface area contributed by atoms with E-state index in [1.807, 2.05) is 24.3 Å². The smallest absolute Gasteiger partial charge is 0.114 e. The van der Waals surface area contributed by atoms with Gasteiger partial charge in [-0.2, -0.15) is 0 Å². The number of halogens is 1. The van der Waals surface area contributed by atoms with Gasteiger partial charge >= 0.3 is 0 Å². The summed E-state index contributed by atoms with van der Waals surface area (Å²) in [6, 6.07) is 8.02. The van der Waals surface area contributed by atoms with Gasteiger partial charge < -0.3 is 10.4 Å². The standard InChI is InChI=1S/C9H10INO/c10-8-3-1-7(2-4-8)9(12)5-11-6-9/h1-4,11-12H,5-6H2. The molecule has 12 heavy (non-hydrogen) atoms. The summed E-state index contributed by atoms with van der Waals surface area (Å²) in [5, 5.41) is 13.0. The summed E-state index contributed by atoms with van der Waals surface area (Å²) in [6.45, 7) is 1.35. The van der Waals surface area contributed by atoms with Crippen molar-refractivity contribution in [3.63, 3.8) is 0 Å². The first-order chi connectivity index (χ1) is 5.71. The van der Waals surface area contributed by atoms with Gasteiger partial charge in [-0.1, -0.05) is 12.1 Å². The second-order valence-electron chi connectivity index (χ2n) is 3.14. The summed E-state index contributed by atoms with van der Waals surface area (Å²) in [5.74, 6) is 0. The first-order valence-corrected chi connectivity index (χ1v) is 4.98. The average molecular weight is 275 g/mol. The van der Waals surface area contributed by atoms with Crippen LogP contribution in [0.1, 0.15) is 5.56 Å². The van der Waals surface area contributed by atoms with Crippen molar-refractivity contribution < 1.29 is 5.11 Å². The molecule has 1 heterocycles. The van der Waals surface area contributed by atoms with Gasteiger partial charge in [-0.3, -0.25) is 0 Å². The maximum Gasteiger partial charge on any atom is 0.114 e. The van der Waals surface area contributed by atoms with Gasteiger partial charge in [0.15, 0.2) is 0 Å². The number of hydrogen-bond donors (Lipinski definition) is 2. The molecular weight excluding hydrogens is 265 g/mol. The molecule has 1 fully saturated rings. The molecule has 0 radical (unpaired) electrons. The molecule has 1 aromatic carbocycles. The molecule has 0 saturated carbocycles. The monoisotopic (exact) mass is 275 g/mol. The molecule has 0 bridgehead atoms. The van der Waals surface area contributed by atoms with Crippen LogP contribution in [0.4, 0.5) is 0 Å². The summed E-state index contributed by atoms with van der Waals surface area (Å²) in [4.78, 5) is 0. The fraction of sp³-hybridized carbons (Fsp3) is 0.333. The van der Waals surface area contributed by atoms with E-state index >= 15 is 0 Å². The van der Waals surface area contributed by atoms with Crippen LogP contribution in [0.5, 0.6) is 0 Å². The molecule has 1 aliphatic heterocycles. The van der Waals surface area contributed by atoms with E-state index < -0.39 is 5.60 Å². The van der Waals surface area contributed by atoms with Crippen molar-refractivity contribution in [2.45, 2.75) is 5.60 Å². The summed E-state index contributed by atoms with van der Waals surface area (Å²) < 4.78 is 1.20. The maximum atomic E-state index is 9.91. The second-order valence-corrected chi connectivity index (χ2v) is 4.39. The molecule has 2 nitrogen and oxygen atoms in total. The summed E-state index contributed by atoms with van der Waals surface area (Å²) >= 11 is 2.26. The Labute approximate surface area is 85.1 Å². The summed E-state index contributed by atoms with van der Waals surface area (Å²) in [6.07, 6.45) is 0. The van der Waals surface area contributed by atoms with Gasteiger partial charge in [-0.25, -0.2) is 0 Å². The lowest BCUT2D eigenvalue weighted by Crippen LogP contribution is -2.56. The molecule has 64 valence electrons. The van der Waals surface area contributed by atoms with Crippen LogP contribution in [0.25, 0.3) is 0 Å². The van der Waals surface area contributed by atoms with Gasteiger partial charge in [0, 0.05) is 16.7 Å². The van der Waals surface area contributed by atoms with Gasteiger partial charge in [-0.15, -0.1) is 0 Å². The van der Waals surface area contributed by atoms with E-state index in [0.29, 0.717) is 13.1 Å². The average Bonchev–Trinajstić information content (AvgIpc) is 2.02. The van der Waals surface area contributed by atoms with E-state index in [4.69, 9.17) is 0 Å². The van der Waals surface area contributed by atoms with E-state index in [9.17, 15) is 5.11 Å². The molecule has 1 aliphatic rings. The summed E-state index contributed by atoms with van der Waals surface area (Å²) in [7, 11) is 0. The van der Waals surface area contributed by atoms with E-state index in [1.54, 1.807) is 0 Å². The minimum atomic E-state index is -0.607. The molecule has 1 saturated heterocycles. The Morgan fingerprint density at radius 2 is 1.83 bits per heavy atom. The molecule has 0 unspecified atom stereocenters. The van der Waals surface area contributed by atoms with Crippen LogP contribution < -0.4 is 5.32 Å². The topological polar surface area (TPSA) is 32.3 Å². The highest BCUT2D eigenvalue weighted by Gasteiger charge is 2.35. The van der Waals surface area contributed by atoms with Gasteiger partial charge in [0.1, 0.15) is 5.60 Å². The fourth-order valence-electron chi connectivity index (χ4n) is 1.33. The Balaban J connectivity index is 2.28. The SMILES string of the molecule is OC1(c2ccc(I)cc2)CNC1. The third-order valence-corrected chi connectivity index (χ3v) is 2.94. The maximum absolute atomic E-state index is 9.91. The van der Waals surface area contributed by atoms with Crippen molar-refractivity contribution >= 4 is 22.6 Å². The molecule has 0 aromatic heterocycles. The Morgan fingerprint density at radius 3 is 2.25 bits per heavy atom. The first-order valence-electron chi connectivity index (χ1n) is 3.90. The number of β-amino-alcohol motifs (C(OH)–C–C–N with tert-alkyl or cyclic N) is 1. The number of rotatable bonds is 1. The lowest BCUT2D eigenvalue weighted by atomic mass is 9.88. The Morgan fingerprint density at radius 1 is 1.25 bits per heavy atom. The van der Waals surface area contributed by atoms with Crippen LogP contribution in [0.15, 0.2) is 24.3 Å². The normalized spacial score (nSPS) is 20.2. The van der Waals surface area contributed by atoms with Crippen LogP contribution in [-0.4, -0.2) is 18.2 Å². The van der Waals surface area contributed by atoms with Crippen LogP contribution >= 0.6 is 22.6 Å². The zero-order valence-corrected chi connectivity index (χ0v) is 8.71. The van der Waals surface area contributed by atoms with Gasteiger partial charge in [0.05, 0.1) is 0 Å². The highest BCUT2D eigenvalue weighted by atomic mass is 127. The minimum absolute atomic E-state index is 0.607. The number of hydrogen-bond acceptors (Lipinski definition) is 2. The first kappa shape index (κ1) is 8.47. The van der Waals surface area contributed by atoms with Crippen molar-refractivity contribution in [2.24, 2.45) is 0 Å². The number of nitrogens with one attached hydrogen (secondary N) is 1. The third kappa shape index (κ3) is 1.36. The number of aliphatic hydroxyl groups is 1. The predicted molar refractivity (Wildman–Crippen MR) is 55.9 cm³/mol. The molecule has 0 amide bonds. The third-order valence-electron chi connectivity index (χ3n) is 2.22. The molecule has 3 heteroatoms. The van der Waals surface area contributed by atoms with Crippen LogP contribution in [0.3, 0.4) is 0 Å². The van der Waals surface area contributed by atoms with Crippen molar-refractivity contribution in [1.29, 1.82) is 0 Å². The van der Waals surface area contributed by atoms with Crippen molar-refractivity contribution in [3.8, 4) is 0 Å². The molecule has 2 rings (SSSR count). The van der Waals surface area contributed by atoms with Gasteiger partial charge in [0.2, 0.25) is 0 Å². The summed E-state index contributed by atoms with van der Waals surface area (Å²) in [5.41, 5.74) is 0.409. The molecule has 1 aromatic rings. The largest absolute Gasteiger partial charge is 0.382 e. The predicted octanol–water partition coefficient (Wildman–Crippen LogP) is 1.08. The molecule has 0 spiro atoms. The molecule has 0 atom stereocenters. The van der Waals surface area contributed by atoms with E-state index in [0.717, 1.165) is 5.56 Å². The van der Waals surface area contributed by atoms with Gasteiger partial charge in [-0.05, 0) is 40.3 Å². The lowest BCUT2D eigenvalue weighted by Gasteiger charge is -2.38. The molecule has 0 aliphatic carbocycles. The highest BCUT2D eigenvalue weighted by molar-refractivity contribution is 14.1. The highest BCUT2D eigenvalue weighted by Crippen LogP contribution is 2.25. The van der Waals surface area contributed by atoms with E-state index in [-0.39, 0.29) is 0 Å². The van der Waals surface area contributed by atoms with Crippen molar-refractivity contribution in [3.05, 3.63) is 33.4 Å². The Kier molecular flexibility index (Phi) is 2.10. The van der Waals surface area contributed by atoms with Crippen LogP contribution in [0, 0.1) is 3.57 Å². The zero-order valence-electron chi connectivity index (χ0n) is 6.55. The second kappa shape index (κ2) is 2.97.